The third-order valence-corrected chi connectivity index (χ3v) is 3.44. The van der Waals surface area contributed by atoms with Gasteiger partial charge in [-0.25, -0.2) is 0 Å². The van der Waals surface area contributed by atoms with E-state index in [2.05, 4.69) is 34.5 Å². The summed E-state index contributed by atoms with van der Waals surface area (Å²) in [4.78, 5) is 4.47. The van der Waals surface area contributed by atoms with Crippen LogP contribution in [0.25, 0.3) is 0 Å². The van der Waals surface area contributed by atoms with Crippen molar-refractivity contribution in [3.63, 3.8) is 0 Å². The van der Waals surface area contributed by atoms with E-state index < -0.39 is 0 Å². The summed E-state index contributed by atoms with van der Waals surface area (Å²) in [5.74, 6) is 1.08. The Bertz CT molecular complexity index is 343. The molecule has 2 heterocycles. The maximum Gasteiger partial charge on any atom is 0.157 e. The van der Waals surface area contributed by atoms with Crippen LogP contribution in [-0.2, 0) is 6.54 Å². The van der Waals surface area contributed by atoms with Crippen LogP contribution in [-0.4, -0.2) is 38.0 Å². The molecule has 1 saturated heterocycles. The number of rotatable bonds is 3. The van der Waals surface area contributed by atoms with Gasteiger partial charge in [0.05, 0.1) is 19.3 Å². The van der Waals surface area contributed by atoms with Gasteiger partial charge in [-0.1, -0.05) is 17.0 Å². The molecule has 0 aromatic carbocycles. The molecule has 0 saturated carbocycles. The molecule has 1 aromatic rings. The summed E-state index contributed by atoms with van der Waals surface area (Å²) < 4.78 is 1.79. The molecule has 6 heteroatoms. The highest BCUT2D eigenvalue weighted by Crippen LogP contribution is 2.21. The lowest BCUT2D eigenvalue weighted by Gasteiger charge is -2.15. The molecule has 0 amide bonds. The Hall–Kier alpha value is -1.04. The summed E-state index contributed by atoms with van der Waals surface area (Å²) >= 11 is 1.78. The van der Waals surface area contributed by atoms with Crippen LogP contribution in [0.2, 0.25) is 0 Å². The lowest BCUT2D eigenvalue weighted by molar-refractivity contribution is 0.534. The van der Waals surface area contributed by atoms with Gasteiger partial charge in [-0.2, -0.15) is 0 Å². The van der Waals surface area contributed by atoms with Crippen molar-refractivity contribution >= 4 is 16.9 Å². The van der Waals surface area contributed by atoms with E-state index in [1.807, 2.05) is 6.20 Å². The Labute approximate surface area is 93.3 Å². The molecule has 1 fully saturated rings. The molecule has 0 spiro atoms. The molecule has 0 bridgehead atoms. The van der Waals surface area contributed by atoms with Gasteiger partial charge in [0.1, 0.15) is 0 Å². The van der Waals surface area contributed by atoms with Gasteiger partial charge in [0.2, 0.25) is 0 Å². The first-order valence-corrected chi connectivity index (χ1v) is 5.94. The van der Waals surface area contributed by atoms with E-state index in [1.54, 1.807) is 22.6 Å². The molecule has 0 unspecified atom stereocenters. The van der Waals surface area contributed by atoms with Crippen LogP contribution in [0.5, 0.6) is 0 Å². The first-order valence-electron chi connectivity index (χ1n) is 4.95. The summed E-state index contributed by atoms with van der Waals surface area (Å²) in [5, 5.41) is 12.0. The second-order valence-electron chi connectivity index (χ2n) is 4.15. The standard InChI is InChI=1S/C9H15N5S/c1-9(2)7-15-8(12-9)10-3-5-14-6-4-11-13-14/h4,6H,3,5,7H2,1-2H3,(H,10,12). The molecule has 82 valence electrons. The minimum Gasteiger partial charge on any atom is -0.359 e. The molecule has 15 heavy (non-hydrogen) atoms. The second kappa shape index (κ2) is 4.22. The Kier molecular flexibility index (Phi) is 2.95. The van der Waals surface area contributed by atoms with Crippen molar-refractivity contribution in [1.82, 2.24) is 20.3 Å². The Morgan fingerprint density at radius 2 is 2.53 bits per heavy atom. The Morgan fingerprint density at radius 3 is 3.13 bits per heavy atom. The molecule has 0 aliphatic carbocycles. The van der Waals surface area contributed by atoms with Gasteiger partial charge in [-0.05, 0) is 13.8 Å². The third kappa shape index (κ3) is 2.95. The zero-order valence-electron chi connectivity index (χ0n) is 8.97. The summed E-state index contributed by atoms with van der Waals surface area (Å²) in [6.07, 6.45) is 3.53. The zero-order valence-corrected chi connectivity index (χ0v) is 9.79. The van der Waals surface area contributed by atoms with Crippen LogP contribution in [0.3, 0.4) is 0 Å². The van der Waals surface area contributed by atoms with Gasteiger partial charge >= 0.3 is 0 Å². The zero-order chi connectivity index (χ0) is 10.7. The predicted molar refractivity (Wildman–Crippen MR) is 62.0 cm³/mol. The smallest absolute Gasteiger partial charge is 0.157 e. The predicted octanol–water partition coefficient (Wildman–Crippen LogP) is 0.749. The van der Waals surface area contributed by atoms with Crippen LogP contribution < -0.4 is 5.32 Å². The van der Waals surface area contributed by atoms with Crippen molar-refractivity contribution in [3.05, 3.63) is 12.4 Å². The van der Waals surface area contributed by atoms with Gasteiger partial charge in [0.15, 0.2) is 5.17 Å². The molecular weight excluding hydrogens is 210 g/mol. The minimum absolute atomic E-state index is 0.177. The second-order valence-corrected chi connectivity index (χ2v) is 5.11. The van der Waals surface area contributed by atoms with Gasteiger partial charge < -0.3 is 5.32 Å². The normalized spacial score (nSPS) is 21.9. The molecule has 2 rings (SSSR count). The van der Waals surface area contributed by atoms with Crippen molar-refractivity contribution in [2.45, 2.75) is 25.9 Å². The first-order chi connectivity index (χ1) is 7.16. The number of aliphatic imine (C=N–C) groups is 1. The monoisotopic (exact) mass is 225 g/mol. The van der Waals surface area contributed by atoms with Crippen LogP contribution in [0.4, 0.5) is 0 Å². The third-order valence-electron chi connectivity index (χ3n) is 2.07. The summed E-state index contributed by atoms with van der Waals surface area (Å²) in [7, 11) is 0. The molecule has 1 aliphatic heterocycles. The van der Waals surface area contributed by atoms with Crippen molar-refractivity contribution in [1.29, 1.82) is 0 Å². The van der Waals surface area contributed by atoms with Gasteiger partial charge in [-0.3, -0.25) is 9.67 Å². The lowest BCUT2D eigenvalue weighted by atomic mass is 10.1. The van der Waals surface area contributed by atoms with Gasteiger partial charge in [-0.15, -0.1) is 5.10 Å². The van der Waals surface area contributed by atoms with E-state index in [0.717, 1.165) is 24.0 Å². The van der Waals surface area contributed by atoms with Crippen molar-refractivity contribution in [3.8, 4) is 0 Å². The minimum atomic E-state index is 0.177. The number of hydrogen-bond donors (Lipinski definition) is 1. The van der Waals surface area contributed by atoms with Crippen LogP contribution >= 0.6 is 11.8 Å². The topological polar surface area (TPSA) is 55.1 Å². The molecule has 0 atom stereocenters. The van der Waals surface area contributed by atoms with Gasteiger partial charge in [0.25, 0.3) is 0 Å². The lowest BCUT2D eigenvalue weighted by Crippen LogP contribution is -2.37. The molecular formula is C9H15N5S. The Morgan fingerprint density at radius 1 is 1.67 bits per heavy atom. The fraction of sp³-hybridized carbons (Fsp3) is 0.667. The largest absolute Gasteiger partial charge is 0.359 e. The average molecular weight is 225 g/mol. The van der Waals surface area contributed by atoms with Crippen LogP contribution in [0, 0.1) is 0 Å². The van der Waals surface area contributed by atoms with E-state index in [-0.39, 0.29) is 5.54 Å². The number of nitrogens with one attached hydrogen (secondary N) is 1. The summed E-state index contributed by atoms with van der Waals surface area (Å²) in [6.45, 7) is 5.89. The fourth-order valence-electron chi connectivity index (χ4n) is 1.30. The van der Waals surface area contributed by atoms with Crippen LogP contribution in [0.15, 0.2) is 17.4 Å². The Balaban J connectivity index is 1.80. The molecule has 0 radical (unpaired) electrons. The number of nitrogens with zero attached hydrogens (tertiary/aromatic N) is 4. The van der Waals surface area contributed by atoms with Gasteiger partial charge in [0, 0.05) is 17.5 Å². The summed E-state index contributed by atoms with van der Waals surface area (Å²) in [6, 6.07) is 0. The molecule has 5 nitrogen and oxygen atoms in total. The molecule has 1 aliphatic rings. The SMILES string of the molecule is CC1(C)CSC(=NCCn2ccnn2)N1. The average Bonchev–Trinajstić information content (AvgIpc) is 2.76. The van der Waals surface area contributed by atoms with E-state index in [1.165, 1.54) is 0 Å². The van der Waals surface area contributed by atoms with Crippen molar-refractivity contribution in [2.24, 2.45) is 4.99 Å². The number of hydrogen-bond acceptors (Lipinski definition) is 4. The highest BCUT2D eigenvalue weighted by molar-refractivity contribution is 8.14. The quantitative estimate of drug-likeness (QED) is 0.824. The van der Waals surface area contributed by atoms with Crippen molar-refractivity contribution in [2.75, 3.05) is 12.3 Å². The highest BCUT2D eigenvalue weighted by Gasteiger charge is 2.26. The van der Waals surface area contributed by atoms with E-state index in [0.29, 0.717) is 0 Å². The number of thioether (sulfide) groups is 1. The van der Waals surface area contributed by atoms with E-state index in [4.69, 9.17) is 0 Å². The maximum absolute atomic E-state index is 4.47. The number of amidine groups is 1. The molecule has 1 aromatic heterocycles. The van der Waals surface area contributed by atoms with Crippen molar-refractivity contribution < 1.29 is 0 Å². The summed E-state index contributed by atoms with van der Waals surface area (Å²) in [5.41, 5.74) is 0.177. The number of aromatic nitrogens is 3. The van der Waals surface area contributed by atoms with E-state index >= 15 is 0 Å². The molecule has 1 N–H and O–H groups in total. The van der Waals surface area contributed by atoms with E-state index in [9.17, 15) is 0 Å². The highest BCUT2D eigenvalue weighted by atomic mass is 32.2. The fourth-order valence-corrected chi connectivity index (χ4v) is 2.40. The maximum atomic E-state index is 4.47. The van der Waals surface area contributed by atoms with Crippen LogP contribution in [0.1, 0.15) is 13.8 Å². The first kappa shape index (κ1) is 10.5.